The Morgan fingerprint density at radius 2 is 1.47 bits per heavy atom. The van der Waals surface area contributed by atoms with Gasteiger partial charge in [-0.3, -0.25) is 0 Å². The first-order chi connectivity index (χ1) is 18.4. The summed E-state index contributed by atoms with van der Waals surface area (Å²) in [6.07, 6.45) is 16.7. The lowest BCUT2D eigenvalue weighted by Crippen LogP contribution is -2.15. The Morgan fingerprint density at radius 1 is 0.737 bits per heavy atom. The van der Waals surface area contributed by atoms with Crippen molar-refractivity contribution in [3.05, 3.63) is 75.1 Å². The van der Waals surface area contributed by atoms with Gasteiger partial charge in [-0.1, -0.05) is 81.5 Å². The van der Waals surface area contributed by atoms with Gasteiger partial charge in [0.05, 0.1) is 5.02 Å². The Morgan fingerprint density at radius 3 is 2.16 bits per heavy atom. The van der Waals surface area contributed by atoms with E-state index in [1.807, 2.05) is 24.3 Å². The van der Waals surface area contributed by atoms with Crippen LogP contribution in [0.5, 0.6) is 0 Å². The van der Waals surface area contributed by atoms with Gasteiger partial charge in [0.25, 0.3) is 0 Å². The van der Waals surface area contributed by atoms with Crippen molar-refractivity contribution in [3.63, 3.8) is 0 Å². The van der Waals surface area contributed by atoms with E-state index < -0.39 is 11.6 Å². The molecule has 1 fully saturated rings. The number of halogens is 4. The summed E-state index contributed by atoms with van der Waals surface area (Å²) in [6.45, 7) is 4.35. The third-order valence-corrected chi connectivity index (χ3v) is 9.44. The molecular formula is C34H44ClF3. The first-order valence-electron chi connectivity index (χ1n) is 15.1. The quantitative estimate of drug-likeness (QED) is 0.247. The number of allylic oxidation sites excluding steroid dienone is 2. The minimum Gasteiger partial charge on any atom is -0.205 e. The molecule has 2 aromatic rings. The van der Waals surface area contributed by atoms with Crippen molar-refractivity contribution < 1.29 is 13.2 Å². The summed E-state index contributed by atoms with van der Waals surface area (Å²) >= 11 is 6.45. The van der Waals surface area contributed by atoms with Gasteiger partial charge in [-0.05, 0) is 116 Å². The summed E-state index contributed by atoms with van der Waals surface area (Å²) in [5, 5.41) is 0.236. The van der Waals surface area contributed by atoms with E-state index >= 15 is 8.78 Å². The van der Waals surface area contributed by atoms with E-state index in [1.54, 1.807) is 0 Å². The van der Waals surface area contributed by atoms with Crippen molar-refractivity contribution in [2.75, 3.05) is 0 Å². The van der Waals surface area contributed by atoms with Gasteiger partial charge in [0.15, 0.2) is 11.6 Å². The van der Waals surface area contributed by atoms with Gasteiger partial charge in [0.2, 0.25) is 0 Å². The van der Waals surface area contributed by atoms with E-state index in [0.29, 0.717) is 29.0 Å². The summed E-state index contributed by atoms with van der Waals surface area (Å²) in [5.41, 5.74) is 3.66. The Hall–Kier alpha value is -1.74. The van der Waals surface area contributed by atoms with E-state index in [4.69, 9.17) is 11.6 Å². The molecule has 2 aromatic carbocycles. The zero-order valence-corrected chi connectivity index (χ0v) is 24.0. The number of rotatable bonds is 11. The zero-order valence-electron chi connectivity index (χ0n) is 23.2. The van der Waals surface area contributed by atoms with Crippen LogP contribution in [0.1, 0.15) is 125 Å². The highest BCUT2D eigenvalue weighted by Crippen LogP contribution is 2.40. The molecule has 4 rings (SSSR count). The maximum atomic E-state index is 15.1. The molecule has 2 aliphatic carbocycles. The van der Waals surface area contributed by atoms with Crippen LogP contribution in [0.3, 0.4) is 0 Å². The van der Waals surface area contributed by atoms with Crippen molar-refractivity contribution in [2.24, 2.45) is 11.8 Å². The topological polar surface area (TPSA) is 0 Å². The molecule has 0 saturated heterocycles. The van der Waals surface area contributed by atoms with Crippen molar-refractivity contribution in [2.45, 2.75) is 116 Å². The first kappa shape index (κ1) is 29.2. The normalized spacial score (nSPS) is 21.9. The van der Waals surface area contributed by atoms with Gasteiger partial charge >= 0.3 is 0 Å². The molecule has 38 heavy (non-hydrogen) atoms. The fraction of sp³-hybridized carbons (Fsp3) is 0.588. The Labute approximate surface area is 233 Å². The lowest BCUT2D eigenvalue weighted by atomic mass is 9.77. The molecule has 0 bridgehead atoms. The third kappa shape index (κ3) is 7.06. The van der Waals surface area contributed by atoms with Gasteiger partial charge < -0.3 is 0 Å². The highest BCUT2D eigenvalue weighted by molar-refractivity contribution is 6.32. The van der Waals surface area contributed by atoms with Crippen LogP contribution in [0.2, 0.25) is 5.02 Å². The largest absolute Gasteiger partial charge is 0.205 e. The number of benzene rings is 2. The maximum absolute atomic E-state index is 15.1. The van der Waals surface area contributed by atoms with Crippen molar-refractivity contribution in [1.29, 1.82) is 0 Å². The molecule has 0 aliphatic heterocycles. The lowest BCUT2D eigenvalue weighted by molar-refractivity contribution is 0.302. The predicted molar refractivity (Wildman–Crippen MR) is 154 cm³/mol. The van der Waals surface area contributed by atoms with Gasteiger partial charge in [0.1, 0.15) is 5.82 Å². The number of aryl methyl sites for hydroxylation is 2. The van der Waals surface area contributed by atoms with Crippen LogP contribution in [-0.2, 0) is 12.8 Å². The molecule has 208 valence electrons. The Balaban J connectivity index is 1.32. The minimum atomic E-state index is -0.647. The summed E-state index contributed by atoms with van der Waals surface area (Å²) < 4.78 is 45.0. The molecule has 2 aliphatic rings. The van der Waals surface area contributed by atoms with Crippen LogP contribution in [0.15, 0.2) is 30.3 Å². The number of hydrogen-bond donors (Lipinski definition) is 0. The van der Waals surface area contributed by atoms with Crippen LogP contribution in [-0.4, -0.2) is 0 Å². The molecule has 0 N–H and O–H groups in total. The first-order valence-corrected chi connectivity index (χ1v) is 15.4. The van der Waals surface area contributed by atoms with Crippen molar-refractivity contribution in [1.82, 2.24) is 0 Å². The Bertz CT molecular complexity index is 1100. The Kier molecular flexibility index (Phi) is 10.8. The molecule has 0 spiro atoms. The van der Waals surface area contributed by atoms with Crippen molar-refractivity contribution in [3.8, 4) is 0 Å². The molecule has 0 heterocycles. The van der Waals surface area contributed by atoms with Gasteiger partial charge in [-0.2, -0.15) is 0 Å². The van der Waals surface area contributed by atoms with Gasteiger partial charge in [-0.25, -0.2) is 13.2 Å². The molecule has 1 atom stereocenters. The average molecular weight is 545 g/mol. The minimum absolute atomic E-state index is 0.149. The SMILES string of the molecule is CCCCCc1ccc(C2=CCC(CCc3ccc(C4CCC(CCC)CC4)c(F)c3F)CC2)c(Cl)c1F. The predicted octanol–water partition coefficient (Wildman–Crippen LogP) is 11.4. The number of hydrogen-bond acceptors (Lipinski definition) is 0. The highest BCUT2D eigenvalue weighted by Gasteiger charge is 2.26. The van der Waals surface area contributed by atoms with E-state index in [0.717, 1.165) is 94.1 Å². The molecule has 0 aromatic heterocycles. The second-order valence-electron chi connectivity index (χ2n) is 11.7. The maximum Gasteiger partial charge on any atom is 0.162 e. The summed E-state index contributed by atoms with van der Waals surface area (Å²) in [5.74, 6) is -0.243. The lowest BCUT2D eigenvalue weighted by Gasteiger charge is -2.29. The molecule has 0 amide bonds. The molecular weight excluding hydrogens is 501 g/mol. The second-order valence-corrected chi connectivity index (χ2v) is 12.1. The van der Waals surface area contributed by atoms with Crippen molar-refractivity contribution >= 4 is 17.2 Å². The molecule has 4 heteroatoms. The van der Waals surface area contributed by atoms with Gasteiger partial charge in [-0.15, -0.1) is 0 Å². The molecule has 1 saturated carbocycles. The summed E-state index contributed by atoms with van der Waals surface area (Å²) in [7, 11) is 0. The zero-order chi connectivity index (χ0) is 27.1. The number of unbranched alkanes of at least 4 members (excludes halogenated alkanes) is 2. The molecule has 0 nitrogen and oxygen atoms in total. The fourth-order valence-corrected chi connectivity index (χ4v) is 6.94. The monoisotopic (exact) mass is 544 g/mol. The smallest absolute Gasteiger partial charge is 0.162 e. The van der Waals surface area contributed by atoms with Crippen LogP contribution in [0.4, 0.5) is 13.2 Å². The van der Waals surface area contributed by atoms with E-state index in [9.17, 15) is 4.39 Å². The average Bonchev–Trinajstić information content (AvgIpc) is 2.93. The summed E-state index contributed by atoms with van der Waals surface area (Å²) in [4.78, 5) is 0. The highest BCUT2D eigenvalue weighted by atomic mass is 35.5. The van der Waals surface area contributed by atoms with Crippen LogP contribution >= 0.6 is 11.6 Å². The third-order valence-electron chi connectivity index (χ3n) is 9.07. The second kappa shape index (κ2) is 14.1. The van der Waals surface area contributed by atoms with Crippen LogP contribution < -0.4 is 0 Å². The van der Waals surface area contributed by atoms with Crippen LogP contribution in [0, 0.1) is 29.3 Å². The van der Waals surface area contributed by atoms with Crippen LogP contribution in [0.25, 0.3) is 5.57 Å². The van der Waals surface area contributed by atoms with E-state index in [-0.39, 0.29) is 16.8 Å². The van der Waals surface area contributed by atoms with E-state index in [2.05, 4.69) is 19.9 Å². The van der Waals surface area contributed by atoms with E-state index in [1.165, 1.54) is 12.8 Å². The summed E-state index contributed by atoms with van der Waals surface area (Å²) in [6, 6.07) is 7.52. The molecule has 1 unspecified atom stereocenters. The van der Waals surface area contributed by atoms with Gasteiger partial charge in [0, 0.05) is 0 Å². The fourth-order valence-electron chi connectivity index (χ4n) is 6.63. The molecule has 0 radical (unpaired) electrons. The standard InChI is InChI=1S/C34H44ClF3/c1-3-5-6-8-27-19-21-29(31(35)32(27)36)25-14-11-24(12-15-25)13-18-28-20-22-30(34(38)33(28)37)26-16-9-23(7-4-2)10-17-26/h14,19-24,26H,3-13,15-18H2,1-2H3.